The molecule has 4 aromatic carbocycles. The third-order valence-corrected chi connectivity index (χ3v) is 6.85. The second-order valence-electron chi connectivity index (χ2n) is 9.12. The summed E-state index contributed by atoms with van der Waals surface area (Å²) >= 11 is 6.17. The van der Waals surface area contributed by atoms with E-state index in [1.165, 1.54) is 12.1 Å². The molecule has 6 rings (SSSR count). The second-order valence-corrected chi connectivity index (χ2v) is 9.56. The van der Waals surface area contributed by atoms with E-state index < -0.39 is 11.9 Å². The number of carbonyl (C=O) groups excluding carboxylic acids is 1. The zero-order chi connectivity index (χ0) is 26.2. The summed E-state index contributed by atoms with van der Waals surface area (Å²) in [6.45, 7) is 0.522. The van der Waals surface area contributed by atoms with Crippen molar-refractivity contribution in [2.75, 3.05) is 0 Å². The Bertz CT molecular complexity index is 1720. The highest BCUT2D eigenvalue weighted by Crippen LogP contribution is 2.40. The number of benzene rings is 4. The first-order chi connectivity index (χ1) is 18.5. The van der Waals surface area contributed by atoms with Crippen molar-refractivity contribution >= 4 is 28.5 Å². The van der Waals surface area contributed by atoms with Gasteiger partial charge >= 0.3 is 0 Å². The molecular formula is C31H21ClFNO4. The number of ether oxygens (including phenoxy) is 1. The van der Waals surface area contributed by atoms with E-state index in [0.29, 0.717) is 33.9 Å². The van der Waals surface area contributed by atoms with Gasteiger partial charge in [-0.3, -0.25) is 9.59 Å². The molecule has 0 bridgehead atoms. The van der Waals surface area contributed by atoms with E-state index in [-0.39, 0.29) is 34.7 Å². The van der Waals surface area contributed by atoms with Crippen LogP contribution < -0.4 is 10.2 Å². The van der Waals surface area contributed by atoms with Crippen LogP contribution in [0.2, 0.25) is 5.02 Å². The number of hydrogen-bond donors (Lipinski definition) is 0. The largest absolute Gasteiger partial charge is 0.489 e. The van der Waals surface area contributed by atoms with Crippen molar-refractivity contribution in [3.63, 3.8) is 0 Å². The van der Waals surface area contributed by atoms with E-state index >= 15 is 0 Å². The fourth-order valence-electron chi connectivity index (χ4n) is 4.80. The smallest absolute Gasteiger partial charge is 0.291 e. The molecule has 5 aromatic rings. The highest BCUT2D eigenvalue weighted by molar-refractivity contribution is 6.31. The second kappa shape index (κ2) is 9.80. The van der Waals surface area contributed by atoms with Crippen molar-refractivity contribution in [1.82, 2.24) is 4.90 Å². The molecule has 5 nitrogen and oxygen atoms in total. The number of amides is 1. The zero-order valence-electron chi connectivity index (χ0n) is 20.1. The standard InChI is InChI=1S/C31H21ClFNO4/c32-22-11-14-26-25(16-22)29(35)27-28(21-7-4-8-24(15-21)37-18-20-5-2-1-3-6-20)34(31(36)30(27)38-26)17-19-9-12-23(33)13-10-19/h1-16,28H,17-18H2. The number of carbonyl (C=O) groups is 1. The molecule has 1 unspecified atom stereocenters. The molecule has 7 heteroatoms. The highest BCUT2D eigenvalue weighted by atomic mass is 35.5. The molecule has 0 N–H and O–H groups in total. The third-order valence-electron chi connectivity index (χ3n) is 6.62. The maximum atomic E-state index is 13.8. The first-order valence-corrected chi connectivity index (χ1v) is 12.4. The van der Waals surface area contributed by atoms with Gasteiger partial charge in [0.1, 0.15) is 23.8 Å². The molecule has 2 heterocycles. The van der Waals surface area contributed by atoms with Gasteiger partial charge in [-0.05, 0) is 59.2 Å². The molecule has 188 valence electrons. The first-order valence-electron chi connectivity index (χ1n) is 12.1. The van der Waals surface area contributed by atoms with Crippen molar-refractivity contribution in [1.29, 1.82) is 0 Å². The van der Waals surface area contributed by atoms with Gasteiger partial charge in [0, 0.05) is 11.6 Å². The minimum atomic E-state index is -0.734. The average Bonchev–Trinajstić information content (AvgIpc) is 3.21. The summed E-state index contributed by atoms with van der Waals surface area (Å²) in [5.41, 5.74) is 2.63. The lowest BCUT2D eigenvalue weighted by Crippen LogP contribution is -2.29. The fourth-order valence-corrected chi connectivity index (χ4v) is 4.98. The van der Waals surface area contributed by atoms with Gasteiger partial charge in [0.2, 0.25) is 5.76 Å². The summed E-state index contributed by atoms with van der Waals surface area (Å²) in [5.74, 6) is -0.196. The minimum absolute atomic E-state index is 0.00691. The Morgan fingerprint density at radius 1 is 0.868 bits per heavy atom. The maximum absolute atomic E-state index is 13.8. The summed E-state index contributed by atoms with van der Waals surface area (Å²) in [6.07, 6.45) is 0. The third kappa shape index (κ3) is 4.44. The molecule has 1 aliphatic rings. The summed E-state index contributed by atoms with van der Waals surface area (Å²) in [6, 6.07) is 27.0. The van der Waals surface area contributed by atoms with E-state index in [0.717, 1.165) is 5.56 Å². The molecule has 1 aromatic heterocycles. The molecule has 0 saturated heterocycles. The molecule has 1 aliphatic heterocycles. The molecule has 0 spiro atoms. The normalized spacial score (nSPS) is 14.6. The van der Waals surface area contributed by atoms with Crippen LogP contribution in [0, 0.1) is 5.82 Å². The van der Waals surface area contributed by atoms with Gasteiger partial charge in [0.05, 0.1) is 17.0 Å². The van der Waals surface area contributed by atoms with Crippen molar-refractivity contribution in [3.8, 4) is 5.75 Å². The Hall–Kier alpha value is -4.42. The maximum Gasteiger partial charge on any atom is 0.291 e. The highest BCUT2D eigenvalue weighted by Gasteiger charge is 2.42. The van der Waals surface area contributed by atoms with Crippen molar-refractivity contribution < 1.29 is 18.3 Å². The van der Waals surface area contributed by atoms with Gasteiger partial charge in [0.25, 0.3) is 5.91 Å². The van der Waals surface area contributed by atoms with Crippen molar-refractivity contribution in [2.45, 2.75) is 19.2 Å². The molecule has 1 atom stereocenters. The number of hydrogen-bond acceptors (Lipinski definition) is 4. The minimum Gasteiger partial charge on any atom is -0.489 e. The number of nitrogens with zero attached hydrogens (tertiary/aromatic N) is 1. The van der Waals surface area contributed by atoms with E-state index in [9.17, 15) is 14.0 Å². The van der Waals surface area contributed by atoms with Gasteiger partial charge in [-0.2, -0.15) is 0 Å². The Kier molecular flexibility index (Phi) is 6.18. The van der Waals surface area contributed by atoms with Crippen LogP contribution in [0.5, 0.6) is 5.75 Å². The number of fused-ring (bicyclic) bond motifs is 2. The van der Waals surface area contributed by atoms with E-state index in [4.69, 9.17) is 20.8 Å². The first kappa shape index (κ1) is 23.9. The van der Waals surface area contributed by atoms with Crippen LogP contribution in [-0.4, -0.2) is 10.8 Å². The monoisotopic (exact) mass is 525 g/mol. The predicted octanol–water partition coefficient (Wildman–Crippen LogP) is 6.91. The average molecular weight is 526 g/mol. The summed E-state index contributed by atoms with van der Waals surface area (Å²) in [5, 5.41) is 0.694. The molecule has 1 amide bonds. The van der Waals surface area contributed by atoms with Crippen LogP contribution in [0.25, 0.3) is 11.0 Å². The van der Waals surface area contributed by atoms with E-state index in [2.05, 4.69) is 0 Å². The summed E-state index contributed by atoms with van der Waals surface area (Å²) in [7, 11) is 0. The summed E-state index contributed by atoms with van der Waals surface area (Å²) < 4.78 is 25.6. The predicted molar refractivity (Wildman–Crippen MR) is 143 cm³/mol. The molecule has 0 radical (unpaired) electrons. The molecular weight excluding hydrogens is 505 g/mol. The SMILES string of the molecule is O=C1c2oc3ccc(Cl)cc3c(=O)c2C(c2cccc(OCc3ccccc3)c2)N1Cc1ccc(F)cc1. The van der Waals surface area contributed by atoms with Gasteiger partial charge in [-0.25, -0.2) is 4.39 Å². The lowest BCUT2D eigenvalue weighted by Gasteiger charge is -2.25. The Labute approximate surface area is 222 Å². The van der Waals surface area contributed by atoms with Gasteiger partial charge in [0.15, 0.2) is 5.43 Å². The van der Waals surface area contributed by atoms with E-state index in [1.807, 2.05) is 54.6 Å². The Balaban J connectivity index is 1.45. The van der Waals surface area contributed by atoms with E-state index in [1.54, 1.807) is 35.2 Å². The topological polar surface area (TPSA) is 59.8 Å². The van der Waals surface area contributed by atoms with Crippen molar-refractivity contribution in [2.24, 2.45) is 0 Å². The molecule has 0 saturated carbocycles. The Morgan fingerprint density at radius 3 is 2.45 bits per heavy atom. The van der Waals surface area contributed by atoms with Crippen LogP contribution in [0.15, 0.2) is 106 Å². The molecule has 38 heavy (non-hydrogen) atoms. The van der Waals surface area contributed by atoms with Crippen LogP contribution in [-0.2, 0) is 13.2 Å². The molecule has 0 aliphatic carbocycles. The van der Waals surface area contributed by atoms with Gasteiger partial charge < -0.3 is 14.1 Å². The Morgan fingerprint density at radius 2 is 1.66 bits per heavy atom. The van der Waals surface area contributed by atoms with Crippen LogP contribution in [0.4, 0.5) is 4.39 Å². The lowest BCUT2D eigenvalue weighted by molar-refractivity contribution is 0.0714. The number of rotatable bonds is 6. The lowest BCUT2D eigenvalue weighted by atomic mass is 9.98. The van der Waals surface area contributed by atoms with Crippen LogP contribution in [0.1, 0.15) is 38.9 Å². The number of halogens is 2. The fraction of sp³-hybridized carbons (Fsp3) is 0.0968. The summed E-state index contributed by atoms with van der Waals surface area (Å²) in [4.78, 5) is 29.0. The zero-order valence-corrected chi connectivity index (χ0v) is 20.8. The molecule has 0 fully saturated rings. The quantitative estimate of drug-likeness (QED) is 0.242. The van der Waals surface area contributed by atoms with Crippen molar-refractivity contribution in [3.05, 3.63) is 146 Å². The van der Waals surface area contributed by atoms with Crippen LogP contribution in [0.3, 0.4) is 0 Å². The van der Waals surface area contributed by atoms with Gasteiger partial charge in [-0.1, -0.05) is 66.2 Å². The van der Waals surface area contributed by atoms with Gasteiger partial charge in [-0.15, -0.1) is 0 Å². The van der Waals surface area contributed by atoms with Crippen LogP contribution >= 0.6 is 11.6 Å².